The first-order valence-electron chi connectivity index (χ1n) is 7.05. The van der Waals surface area contributed by atoms with Crippen LogP contribution in [-0.2, 0) is 18.4 Å². The number of hydrogen-bond acceptors (Lipinski definition) is 6. The molecule has 1 fully saturated rings. The second-order valence-electron chi connectivity index (χ2n) is 5.14. The predicted octanol–water partition coefficient (Wildman–Crippen LogP) is 2.66. The van der Waals surface area contributed by atoms with Crippen molar-refractivity contribution >= 4 is 30.6 Å². The SMILES string of the molecule is COP(=O)(CC(=O)C1CCN(C(=O)c2cccs2)CC1)OC. The lowest BCUT2D eigenvalue weighted by atomic mass is 9.93. The molecule has 0 atom stereocenters. The standard InChI is InChI=1S/C14H20NO5PS/c1-19-21(18,20-2)10-12(16)11-5-7-15(8-6-11)14(17)13-4-3-9-22-13/h3-4,9,11H,5-8,10H2,1-2H3. The highest BCUT2D eigenvalue weighted by Crippen LogP contribution is 2.47. The Morgan fingerprint density at radius 2 is 1.95 bits per heavy atom. The molecule has 2 rings (SSSR count). The van der Waals surface area contributed by atoms with Crippen molar-refractivity contribution in [3.8, 4) is 0 Å². The van der Waals surface area contributed by atoms with Gasteiger partial charge in [-0.2, -0.15) is 0 Å². The van der Waals surface area contributed by atoms with Crippen LogP contribution in [0, 0.1) is 5.92 Å². The Morgan fingerprint density at radius 1 is 1.32 bits per heavy atom. The van der Waals surface area contributed by atoms with E-state index in [-0.39, 0.29) is 23.8 Å². The van der Waals surface area contributed by atoms with Gasteiger partial charge in [-0.1, -0.05) is 6.07 Å². The highest BCUT2D eigenvalue weighted by Gasteiger charge is 2.33. The molecule has 22 heavy (non-hydrogen) atoms. The Morgan fingerprint density at radius 3 is 2.45 bits per heavy atom. The minimum atomic E-state index is -3.31. The Bertz CT molecular complexity index is 558. The summed E-state index contributed by atoms with van der Waals surface area (Å²) in [5, 5.41) is 1.87. The van der Waals surface area contributed by atoms with Crippen LogP contribution in [-0.4, -0.2) is 50.1 Å². The lowest BCUT2D eigenvalue weighted by Gasteiger charge is -2.31. The Labute approximate surface area is 133 Å². The summed E-state index contributed by atoms with van der Waals surface area (Å²) in [6.45, 7) is 1.08. The molecule has 0 N–H and O–H groups in total. The van der Waals surface area contributed by atoms with Crippen LogP contribution in [0.15, 0.2) is 17.5 Å². The molecule has 6 nitrogen and oxygen atoms in total. The molecule has 1 saturated heterocycles. The largest absolute Gasteiger partial charge is 0.338 e. The molecule has 1 aromatic rings. The molecule has 0 aromatic carbocycles. The van der Waals surface area contributed by atoms with Crippen molar-refractivity contribution in [1.29, 1.82) is 0 Å². The van der Waals surface area contributed by atoms with Crippen molar-refractivity contribution in [2.45, 2.75) is 12.8 Å². The topological polar surface area (TPSA) is 72.9 Å². The summed E-state index contributed by atoms with van der Waals surface area (Å²) in [7, 11) is -0.751. The van der Waals surface area contributed by atoms with Gasteiger partial charge in [-0.3, -0.25) is 14.2 Å². The number of carbonyl (C=O) groups is 2. The average molecular weight is 345 g/mol. The van der Waals surface area contributed by atoms with Gasteiger partial charge in [0.15, 0.2) is 0 Å². The summed E-state index contributed by atoms with van der Waals surface area (Å²) in [6.07, 6.45) is 0.969. The van der Waals surface area contributed by atoms with Crippen LogP contribution in [0.3, 0.4) is 0 Å². The normalized spacial score (nSPS) is 16.7. The van der Waals surface area contributed by atoms with Gasteiger partial charge in [-0.05, 0) is 24.3 Å². The van der Waals surface area contributed by atoms with Crippen molar-refractivity contribution in [3.05, 3.63) is 22.4 Å². The van der Waals surface area contributed by atoms with Gasteiger partial charge in [-0.15, -0.1) is 11.3 Å². The van der Waals surface area contributed by atoms with Crippen LogP contribution in [0.4, 0.5) is 0 Å². The minimum Gasteiger partial charge on any atom is -0.338 e. The maximum Gasteiger partial charge on any atom is 0.337 e. The molecule has 2 heterocycles. The zero-order valence-corrected chi connectivity index (χ0v) is 14.4. The highest BCUT2D eigenvalue weighted by atomic mass is 32.1. The van der Waals surface area contributed by atoms with Crippen molar-refractivity contribution in [2.24, 2.45) is 5.92 Å². The molecule has 8 heteroatoms. The molecule has 1 aromatic heterocycles. The van der Waals surface area contributed by atoms with Crippen LogP contribution in [0.5, 0.6) is 0 Å². The zero-order chi connectivity index (χ0) is 16.2. The molecule has 0 unspecified atom stereocenters. The predicted molar refractivity (Wildman–Crippen MR) is 84.4 cm³/mol. The summed E-state index contributed by atoms with van der Waals surface area (Å²) in [6, 6.07) is 3.65. The molecular weight excluding hydrogens is 325 g/mol. The monoisotopic (exact) mass is 345 g/mol. The van der Waals surface area contributed by atoms with Crippen molar-refractivity contribution < 1.29 is 23.2 Å². The van der Waals surface area contributed by atoms with Crippen molar-refractivity contribution in [3.63, 3.8) is 0 Å². The molecule has 1 aliphatic rings. The lowest BCUT2D eigenvalue weighted by Crippen LogP contribution is -2.40. The second-order valence-corrected chi connectivity index (χ2v) is 8.36. The number of ketones is 1. The first-order valence-corrected chi connectivity index (χ1v) is 9.66. The van der Waals surface area contributed by atoms with Gasteiger partial charge in [-0.25, -0.2) is 0 Å². The number of piperidine rings is 1. The van der Waals surface area contributed by atoms with Crippen LogP contribution in [0.1, 0.15) is 22.5 Å². The first kappa shape index (κ1) is 17.3. The molecule has 0 spiro atoms. The molecule has 0 saturated carbocycles. The van der Waals surface area contributed by atoms with Gasteiger partial charge >= 0.3 is 7.60 Å². The van der Waals surface area contributed by atoms with Crippen LogP contribution in [0.2, 0.25) is 0 Å². The van der Waals surface area contributed by atoms with E-state index in [1.807, 2.05) is 11.4 Å². The average Bonchev–Trinajstić information content (AvgIpc) is 3.08. The third kappa shape index (κ3) is 4.04. The van der Waals surface area contributed by atoms with Crippen LogP contribution < -0.4 is 0 Å². The summed E-state index contributed by atoms with van der Waals surface area (Å²) in [4.78, 5) is 26.9. The summed E-state index contributed by atoms with van der Waals surface area (Å²) in [5.74, 6) is -0.290. The van der Waals surface area contributed by atoms with Crippen molar-refractivity contribution in [1.82, 2.24) is 4.90 Å². The third-order valence-corrected chi connectivity index (χ3v) is 6.54. The van der Waals surface area contributed by atoms with E-state index in [1.165, 1.54) is 25.6 Å². The molecule has 122 valence electrons. The number of carbonyl (C=O) groups excluding carboxylic acids is 2. The number of nitrogens with zero attached hydrogens (tertiary/aromatic N) is 1. The van der Waals surface area contributed by atoms with Gasteiger partial charge in [0.1, 0.15) is 11.9 Å². The quantitative estimate of drug-likeness (QED) is 0.741. The van der Waals surface area contributed by atoms with E-state index in [0.29, 0.717) is 30.8 Å². The lowest BCUT2D eigenvalue weighted by molar-refractivity contribution is -0.121. The summed E-state index contributed by atoms with van der Waals surface area (Å²) < 4.78 is 21.6. The third-order valence-electron chi connectivity index (χ3n) is 3.88. The molecule has 0 radical (unpaired) electrons. The maximum absolute atomic E-state index is 12.2. The number of amides is 1. The Kier molecular flexibility index (Phi) is 5.92. The number of Topliss-reactive ketones (excluding diaryl/α,β-unsaturated/α-hetero) is 1. The Balaban J connectivity index is 1.88. The van der Waals surface area contributed by atoms with E-state index in [2.05, 4.69) is 0 Å². The van der Waals surface area contributed by atoms with E-state index in [0.717, 1.165) is 0 Å². The van der Waals surface area contributed by atoms with Gasteiger partial charge in [0.25, 0.3) is 5.91 Å². The maximum atomic E-state index is 12.2. The summed E-state index contributed by atoms with van der Waals surface area (Å²) >= 11 is 1.42. The molecule has 1 aliphatic heterocycles. The fourth-order valence-corrected chi connectivity index (χ4v) is 4.22. The number of rotatable bonds is 6. The molecular formula is C14H20NO5PS. The fraction of sp³-hybridized carbons (Fsp3) is 0.571. The smallest absolute Gasteiger partial charge is 0.337 e. The first-order chi connectivity index (χ1) is 10.5. The number of thiophene rings is 1. The second kappa shape index (κ2) is 7.51. The molecule has 1 amide bonds. The fourth-order valence-electron chi connectivity index (χ4n) is 2.48. The summed E-state index contributed by atoms with van der Waals surface area (Å²) in [5.41, 5.74) is 0. The highest BCUT2D eigenvalue weighted by molar-refractivity contribution is 7.54. The van der Waals surface area contributed by atoms with E-state index < -0.39 is 7.60 Å². The van der Waals surface area contributed by atoms with Gasteiger partial charge in [0, 0.05) is 33.2 Å². The van der Waals surface area contributed by atoms with Crippen molar-refractivity contribution in [2.75, 3.05) is 33.5 Å². The van der Waals surface area contributed by atoms with E-state index in [1.54, 1.807) is 11.0 Å². The molecule has 0 aliphatic carbocycles. The molecule has 0 bridgehead atoms. The van der Waals surface area contributed by atoms with Gasteiger partial charge in [0.05, 0.1) is 4.88 Å². The number of hydrogen-bond donors (Lipinski definition) is 0. The van der Waals surface area contributed by atoms with Crippen LogP contribution >= 0.6 is 18.9 Å². The minimum absolute atomic E-state index is 0.0142. The Hall–Kier alpha value is -1.01. The number of likely N-dealkylation sites (tertiary alicyclic amines) is 1. The zero-order valence-electron chi connectivity index (χ0n) is 12.7. The van der Waals surface area contributed by atoms with Gasteiger partial charge < -0.3 is 13.9 Å². The van der Waals surface area contributed by atoms with E-state index >= 15 is 0 Å². The van der Waals surface area contributed by atoms with E-state index in [4.69, 9.17) is 9.05 Å². The van der Waals surface area contributed by atoms with E-state index in [9.17, 15) is 14.2 Å². The van der Waals surface area contributed by atoms with Gasteiger partial charge in [0.2, 0.25) is 0 Å². The van der Waals surface area contributed by atoms with Crippen LogP contribution in [0.25, 0.3) is 0 Å².